The lowest BCUT2D eigenvalue weighted by Gasteiger charge is -2.12. The van der Waals surface area contributed by atoms with E-state index in [-0.39, 0.29) is 5.91 Å². The van der Waals surface area contributed by atoms with Crippen LogP contribution in [0.15, 0.2) is 47.6 Å². The van der Waals surface area contributed by atoms with Gasteiger partial charge in [-0.05, 0) is 43.0 Å². The molecule has 0 fully saturated rings. The van der Waals surface area contributed by atoms with Crippen LogP contribution in [-0.4, -0.2) is 11.2 Å². The number of hydrogen-bond donors (Lipinski definition) is 1. The summed E-state index contributed by atoms with van der Waals surface area (Å²) < 4.78 is 0.723. The minimum Gasteiger partial charge on any atom is -0.618 e. The first-order chi connectivity index (χ1) is 9.97. The summed E-state index contributed by atoms with van der Waals surface area (Å²) in [6.07, 6.45) is 1.39. The van der Waals surface area contributed by atoms with Crippen molar-refractivity contribution < 1.29 is 9.52 Å². The van der Waals surface area contributed by atoms with Crippen molar-refractivity contribution in [2.45, 2.75) is 17.2 Å². The molecule has 0 aliphatic carbocycles. The highest BCUT2D eigenvalue weighted by Crippen LogP contribution is 2.27. The normalized spacial score (nSPS) is 12.0. The summed E-state index contributed by atoms with van der Waals surface area (Å²) in [6.45, 7) is 1.71. The van der Waals surface area contributed by atoms with Gasteiger partial charge >= 0.3 is 0 Å². The number of amides is 1. The van der Waals surface area contributed by atoms with Crippen molar-refractivity contribution in [3.8, 4) is 0 Å². The fourth-order valence-corrected chi connectivity index (χ4v) is 2.75. The number of anilines is 1. The van der Waals surface area contributed by atoms with Crippen LogP contribution >= 0.6 is 35.0 Å². The summed E-state index contributed by atoms with van der Waals surface area (Å²) in [5.74, 6) is -0.256. The number of nitrogens with one attached hydrogen (secondary N) is 1. The van der Waals surface area contributed by atoms with E-state index in [4.69, 9.17) is 23.2 Å². The van der Waals surface area contributed by atoms with E-state index in [1.807, 2.05) is 0 Å². The molecule has 0 saturated heterocycles. The van der Waals surface area contributed by atoms with E-state index in [0.717, 1.165) is 4.73 Å². The third-order valence-corrected chi connectivity index (χ3v) is 4.33. The molecule has 0 saturated carbocycles. The molecule has 0 spiro atoms. The molecule has 1 atom stereocenters. The molecule has 1 amide bonds. The van der Waals surface area contributed by atoms with Crippen LogP contribution in [0.5, 0.6) is 0 Å². The molecule has 1 aromatic heterocycles. The van der Waals surface area contributed by atoms with Crippen molar-refractivity contribution in [3.05, 3.63) is 57.8 Å². The van der Waals surface area contributed by atoms with Gasteiger partial charge in [-0.1, -0.05) is 23.2 Å². The summed E-state index contributed by atoms with van der Waals surface area (Å²) >= 11 is 13.0. The molecular formula is C14H12Cl2N2O2S. The van der Waals surface area contributed by atoms with Crippen molar-refractivity contribution in [1.29, 1.82) is 0 Å². The van der Waals surface area contributed by atoms with Crippen molar-refractivity contribution in [3.63, 3.8) is 0 Å². The summed E-state index contributed by atoms with van der Waals surface area (Å²) in [7, 11) is 0. The predicted molar refractivity (Wildman–Crippen MR) is 85.8 cm³/mol. The minimum absolute atomic E-state index is 0.256. The Labute approximate surface area is 136 Å². The van der Waals surface area contributed by atoms with Crippen molar-refractivity contribution in [2.24, 2.45) is 0 Å². The molecule has 110 valence electrons. The second-order valence-corrected chi connectivity index (χ2v) is 6.44. The van der Waals surface area contributed by atoms with Gasteiger partial charge in [0.25, 0.3) is 5.03 Å². The Kier molecular flexibility index (Phi) is 5.33. The predicted octanol–water partition coefficient (Wildman–Crippen LogP) is 3.75. The van der Waals surface area contributed by atoms with Gasteiger partial charge < -0.3 is 10.5 Å². The quantitative estimate of drug-likeness (QED) is 0.523. The molecule has 2 rings (SSSR count). The zero-order valence-corrected chi connectivity index (χ0v) is 13.4. The highest BCUT2D eigenvalue weighted by molar-refractivity contribution is 8.00. The fraction of sp³-hybridized carbons (Fsp3) is 0.143. The Morgan fingerprint density at radius 3 is 2.81 bits per heavy atom. The molecule has 0 aliphatic rings. The van der Waals surface area contributed by atoms with Gasteiger partial charge in [0.15, 0.2) is 6.20 Å². The SMILES string of the molecule is C[C@H](Sc1cccc[n+]1[O-])C(=O)Nc1cc(Cl)ccc1Cl. The van der Waals surface area contributed by atoms with E-state index in [1.54, 1.807) is 43.3 Å². The molecule has 1 aromatic carbocycles. The maximum atomic E-state index is 12.1. The molecule has 1 heterocycles. The monoisotopic (exact) mass is 342 g/mol. The van der Waals surface area contributed by atoms with Crippen LogP contribution in [0.4, 0.5) is 5.69 Å². The Morgan fingerprint density at radius 1 is 1.33 bits per heavy atom. The molecule has 1 N–H and O–H groups in total. The number of rotatable bonds is 4. The summed E-state index contributed by atoms with van der Waals surface area (Å²) in [6, 6.07) is 9.87. The number of carbonyl (C=O) groups is 1. The van der Waals surface area contributed by atoms with Gasteiger partial charge in [-0.2, -0.15) is 4.73 Å². The highest BCUT2D eigenvalue weighted by Gasteiger charge is 2.19. The molecule has 21 heavy (non-hydrogen) atoms. The number of halogens is 2. The van der Waals surface area contributed by atoms with Gasteiger partial charge in [-0.3, -0.25) is 4.79 Å². The lowest BCUT2D eigenvalue weighted by molar-refractivity contribution is -0.645. The molecular weight excluding hydrogens is 331 g/mol. The molecule has 0 aliphatic heterocycles. The summed E-state index contributed by atoms with van der Waals surface area (Å²) in [4.78, 5) is 12.1. The standard InChI is InChI=1S/C14H12Cl2N2O2S/c1-9(21-13-4-2-3-7-18(13)20)14(19)17-12-8-10(15)5-6-11(12)16/h2-9H,1H3,(H,17,19)/t9-/m0/s1. The number of benzene rings is 1. The van der Waals surface area contributed by atoms with Gasteiger partial charge in [0.1, 0.15) is 0 Å². The van der Waals surface area contributed by atoms with Gasteiger partial charge in [0.05, 0.1) is 16.0 Å². The van der Waals surface area contributed by atoms with Crippen LogP contribution in [0.3, 0.4) is 0 Å². The van der Waals surface area contributed by atoms with Crippen molar-refractivity contribution in [1.82, 2.24) is 0 Å². The maximum Gasteiger partial charge on any atom is 0.252 e. The van der Waals surface area contributed by atoms with Gasteiger partial charge in [-0.15, -0.1) is 0 Å². The van der Waals surface area contributed by atoms with E-state index in [1.165, 1.54) is 18.0 Å². The number of hydrogen-bond acceptors (Lipinski definition) is 3. The van der Waals surface area contributed by atoms with Crippen LogP contribution in [0.2, 0.25) is 10.0 Å². The molecule has 0 unspecified atom stereocenters. The topological polar surface area (TPSA) is 56.0 Å². The van der Waals surface area contributed by atoms with E-state index in [9.17, 15) is 10.0 Å². The Hall–Kier alpha value is -1.43. The number of aromatic nitrogens is 1. The average molecular weight is 343 g/mol. The highest BCUT2D eigenvalue weighted by atomic mass is 35.5. The number of thioether (sulfide) groups is 1. The van der Waals surface area contributed by atoms with Crippen LogP contribution in [-0.2, 0) is 4.79 Å². The zero-order chi connectivity index (χ0) is 15.4. The second kappa shape index (κ2) is 7.02. The molecule has 0 bridgehead atoms. The number of pyridine rings is 1. The minimum atomic E-state index is -0.456. The maximum absolute atomic E-state index is 12.1. The smallest absolute Gasteiger partial charge is 0.252 e. The van der Waals surface area contributed by atoms with Crippen LogP contribution in [0.1, 0.15) is 6.92 Å². The van der Waals surface area contributed by atoms with E-state index in [0.29, 0.717) is 20.8 Å². The van der Waals surface area contributed by atoms with E-state index < -0.39 is 5.25 Å². The van der Waals surface area contributed by atoms with Crippen molar-refractivity contribution >= 4 is 46.6 Å². The summed E-state index contributed by atoms with van der Waals surface area (Å²) in [5.41, 5.74) is 0.449. The Balaban J connectivity index is 2.06. The average Bonchev–Trinajstić information content (AvgIpc) is 2.45. The molecule has 7 heteroatoms. The van der Waals surface area contributed by atoms with E-state index >= 15 is 0 Å². The number of carbonyl (C=O) groups excluding carboxylic acids is 1. The molecule has 4 nitrogen and oxygen atoms in total. The third kappa shape index (κ3) is 4.27. The largest absolute Gasteiger partial charge is 0.618 e. The second-order valence-electron chi connectivity index (χ2n) is 4.24. The lowest BCUT2D eigenvalue weighted by atomic mass is 10.3. The van der Waals surface area contributed by atoms with Crippen LogP contribution < -0.4 is 10.0 Å². The first kappa shape index (κ1) is 15.9. The van der Waals surface area contributed by atoms with E-state index in [2.05, 4.69) is 5.32 Å². The Morgan fingerprint density at radius 2 is 2.10 bits per heavy atom. The first-order valence-corrected chi connectivity index (χ1v) is 7.71. The first-order valence-electron chi connectivity index (χ1n) is 6.08. The lowest BCUT2D eigenvalue weighted by Crippen LogP contribution is -2.30. The zero-order valence-electron chi connectivity index (χ0n) is 11.0. The van der Waals surface area contributed by atoms with Crippen molar-refractivity contribution in [2.75, 3.05) is 5.32 Å². The molecule has 2 aromatic rings. The van der Waals surface area contributed by atoms with Gasteiger partial charge in [0, 0.05) is 17.2 Å². The molecule has 0 radical (unpaired) electrons. The fourth-order valence-electron chi connectivity index (χ4n) is 1.57. The Bertz CT molecular complexity index is 667. The number of nitrogens with zero attached hydrogens (tertiary/aromatic N) is 1. The van der Waals surface area contributed by atoms with Gasteiger partial charge in [0.2, 0.25) is 5.91 Å². The van der Waals surface area contributed by atoms with Gasteiger partial charge in [-0.25, -0.2) is 0 Å². The van der Waals surface area contributed by atoms with Crippen LogP contribution in [0, 0.1) is 5.21 Å². The third-order valence-electron chi connectivity index (χ3n) is 2.64. The summed E-state index contributed by atoms with van der Waals surface area (Å²) in [5, 5.41) is 15.2. The van der Waals surface area contributed by atoms with Crippen LogP contribution in [0.25, 0.3) is 0 Å².